The van der Waals surface area contributed by atoms with Gasteiger partial charge in [0.05, 0.1) is 30.5 Å². The molecule has 162 valence electrons. The standard InChI is InChI=1S/C24H28N4O3/c1-16-12-17(2)22(13-20(16)24(30)31-3)28(15-23(26)29)19-8-10-27(11-9-19)21-7-5-4-6-18(21)14-25/h4-7,12-13,19H,8-11,15H2,1-3H3,(H2,26,29). The first kappa shape index (κ1) is 22.2. The van der Waals surface area contributed by atoms with Crippen molar-refractivity contribution in [1.29, 1.82) is 5.26 Å². The van der Waals surface area contributed by atoms with Crippen molar-refractivity contribution in [1.82, 2.24) is 0 Å². The number of aryl methyl sites for hydroxylation is 2. The highest BCUT2D eigenvalue weighted by atomic mass is 16.5. The zero-order valence-corrected chi connectivity index (χ0v) is 18.2. The molecule has 0 saturated carbocycles. The van der Waals surface area contributed by atoms with Crippen LogP contribution in [0.25, 0.3) is 0 Å². The van der Waals surface area contributed by atoms with Crippen molar-refractivity contribution >= 4 is 23.3 Å². The summed E-state index contributed by atoms with van der Waals surface area (Å²) in [6, 6.07) is 13.7. The lowest BCUT2D eigenvalue weighted by molar-refractivity contribution is -0.116. The second-order valence-electron chi connectivity index (χ2n) is 7.89. The Kier molecular flexibility index (Phi) is 6.81. The largest absolute Gasteiger partial charge is 0.465 e. The number of para-hydroxylation sites is 1. The predicted octanol–water partition coefficient (Wildman–Crippen LogP) is 2.92. The third-order valence-corrected chi connectivity index (χ3v) is 5.85. The van der Waals surface area contributed by atoms with Gasteiger partial charge in [0.15, 0.2) is 0 Å². The van der Waals surface area contributed by atoms with Crippen molar-refractivity contribution in [2.75, 3.05) is 36.5 Å². The maximum atomic E-state index is 12.2. The number of primary amides is 1. The molecule has 1 amide bonds. The third-order valence-electron chi connectivity index (χ3n) is 5.85. The molecule has 2 N–H and O–H groups in total. The van der Waals surface area contributed by atoms with Crippen LogP contribution >= 0.6 is 0 Å². The van der Waals surface area contributed by atoms with Gasteiger partial charge in [-0.05, 0) is 56.0 Å². The molecule has 31 heavy (non-hydrogen) atoms. The van der Waals surface area contributed by atoms with Crippen molar-refractivity contribution in [3.8, 4) is 6.07 Å². The Labute approximate surface area is 183 Å². The fourth-order valence-corrected chi connectivity index (χ4v) is 4.32. The van der Waals surface area contributed by atoms with Gasteiger partial charge in [-0.15, -0.1) is 0 Å². The number of benzene rings is 2. The summed E-state index contributed by atoms with van der Waals surface area (Å²) < 4.78 is 4.92. The Morgan fingerprint density at radius 1 is 1.19 bits per heavy atom. The van der Waals surface area contributed by atoms with Gasteiger partial charge in [0.2, 0.25) is 5.91 Å². The summed E-state index contributed by atoms with van der Waals surface area (Å²) in [5.41, 5.74) is 10.3. The number of hydrogen-bond acceptors (Lipinski definition) is 6. The average Bonchev–Trinajstić information content (AvgIpc) is 2.77. The summed E-state index contributed by atoms with van der Waals surface area (Å²) >= 11 is 0. The highest BCUT2D eigenvalue weighted by Crippen LogP contribution is 2.31. The van der Waals surface area contributed by atoms with Gasteiger partial charge in [-0.2, -0.15) is 5.26 Å². The Balaban J connectivity index is 1.87. The van der Waals surface area contributed by atoms with Crippen LogP contribution in [0.3, 0.4) is 0 Å². The minimum absolute atomic E-state index is 0.0734. The quantitative estimate of drug-likeness (QED) is 0.722. The van der Waals surface area contributed by atoms with Crippen molar-refractivity contribution in [2.24, 2.45) is 5.73 Å². The van der Waals surface area contributed by atoms with Crippen LogP contribution in [0.2, 0.25) is 0 Å². The second-order valence-corrected chi connectivity index (χ2v) is 7.89. The van der Waals surface area contributed by atoms with Gasteiger partial charge in [-0.25, -0.2) is 4.79 Å². The van der Waals surface area contributed by atoms with Crippen LogP contribution in [0.4, 0.5) is 11.4 Å². The van der Waals surface area contributed by atoms with Gasteiger partial charge < -0.3 is 20.3 Å². The maximum Gasteiger partial charge on any atom is 0.338 e. The average molecular weight is 421 g/mol. The topological polar surface area (TPSA) is 99.7 Å². The molecule has 7 nitrogen and oxygen atoms in total. The molecular weight excluding hydrogens is 392 g/mol. The Morgan fingerprint density at radius 3 is 2.48 bits per heavy atom. The minimum Gasteiger partial charge on any atom is -0.465 e. The van der Waals surface area contributed by atoms with Crippen LogP contribution in [-0.4, -0.2) is 44.7 Å². The first-order valence-electron chi connectivity index (χ1n) is 10.3. The van der Waals surface area contributed by atoms with E-state index in [0.717, 1.165) is 48.4 Å². The molecular formula is C24H28N4O3. The molecule has 0 aromatic heterocycles. The Morgan fingerprint density at radius 2 is 1.87 bits per heavy atom. The van der Waals surface area contributed by atoms with E-state index in [0.29, 0.717) is 11.1 Å². The Hall–Kier alpha value is -3.53. The summed E-state index contributed by atoms with van der Waals surface area (Å²) in [7, 11) is 1.36. The summed E-state index contributed by atoms with van der Waals surface area (Å²) in [5.74, 6) is -0.822. The van der Waals surface area contributed by atoms with Crippen LogP contribution in [0.1, 0.15) is 39.9 Å². The fraction of sp³-hybridized carbons (Fsp3) is 0.375. The van der Waals surface area contributed by atoms with Crippen molar-refractivity contribution in [3.63, 3.8) is 0 Å². The Bertz CT molecular complexity index is 1020. The van der Waals surface area contributed by atoms with Crippen LogP contribution < -0.4 is 15.5 Å². The molecule has 0 unspecified atom stereocenters. The number of nitrogens with two attached hydrogens (primary N) is 1. The van der Waals surface area contributed by atoms with Crippen LogP contribution in [0, 0.1) is 25.2 Å². The van der Waals surface area contributed by atoms with Gasteiger partial charge in [0, 0.05) is 24.8 Å². The van der Waals surface area contributed by atoms with E-state index in [2.05, 4.69) is 11.0 Å². The predicted molar refractivity (Wildman–Crippen MR) is 120 cm³/mol. The number of ether oxygens (including phenoxy) is 1. The molecule has 1 heterocycles. The molecule has 0 radical (unpaired) electrons. The molecule has 0 atom stereocenters. The molecule has 0 aliphatic carbocycles. The lowest BCUT2D eigenvalue weighted by atomic mass is 9.97. The lowest BCUT2D eigenvalue weighted by Gasteiger charge is -2.41. The summed E-state index contributed by atoms with van der Waals surface area (Å²) in [6.45, 7) is 5.42. The molecule has 3 rings (SSSR count). The number of hydrogen-bond donors (Lipinski definition) is 1. The second kappa shape index (κ2) is 9.52. The van der Waals surface area contributed by atoms with Crippen LogP contribution in [0.15, 0.2) is 36.4 Å². The molecule has 1 aliphatic heterocycles. The summed E-state index contributed by atoms with van der Waals surface area (Å²) in [5, 5.41) is 9.41. The van der Waals surface area contributed by atoms with E-state index in [4.69, 9.17) is 10.5 Å². The molecule has 1 aliphatic rings. The number of piperidine rings is 1. The van der Waals surface area contributed by atoms with Crippen LogP contribution in [-0.2, 0) is 9.53 Å². The maximum absolute atomic E-state index is 12.2. The van der Waals surface area contributed by atoms with E-state index < -0.39 is 11.9 Å². The number of carbonyl (C=O) groups is 2. The third kappa shape index (κ3) is 4.80. The molecule has 0 spiro atoms. The fourth-order valence-electron chi connectivity index (χ4n) is 4.32. The summed E-state index contributed by atoms with van der Waals surface area (Å²) in [4.78, 5) is 28.3. The van der Waals surface area contributed by atoms with E-state index >= 15 is 0 Å². The molecule has 2 aromatic carbocycles. The normalized spacial score (nSPS) is 14.1. The zero-order valence-electron chi connectivity index (χ0n) is 18.2. The van der Waals surface area contributed by atoms with E-state index in [-0.39, 0.29) is 12.6 Å². The number of carbonyl (C=O) groups excluding carboxylic acids is 2. The number of methoxy groups -OCH3 is 1. The first-order chi connectivity index (χ1) is 14.8. The van der Waals surface area contributed by atoms with Gasteiger partial charge in [0.25, 0.3) is 0 Å². The number of esters is 1. The number of nitriles is 1. The van der Waals surface area contributed by atoms with E-state index in [1.807, 2.05) is 49.1 Å². The SMILES string of the molecule is COC(=O)c1cc(N(CC(N)=O)C2CCN(c3ccccc3C#N)CC2)c(C)cc1C. The molecule has 0 bridgehead atoms. The number of nitrogens with zero attached hydrogens (tertiary/aromatic N) is 3. The lowest BCUT2D eigenvalue weighted by Crippen LogP contribution is -2.48. The van der Waals surface area contributed by atoms with E-state index in [9.17, 15) is 14.9 Å². The number of amides is 1. The van der Waals surface area contributed by atoms with Gasteiger partial charge in [-0.3, -0.25) is 4.79 Å². The molecule has 2 aromatic rings. The van der Waals surface area contributed by atoms with E-state index in [1.165, 1.54) is 7.11 Å². The smallest absolute Gasteiger partial charge is 0.338 e. The van der Waals surface area contributed by atoms with Crippen molar-refractivity contribution in [3.05, 3.63) is 58.7 Å². The highest BCUT2D eigenvalue weighted by Gasteiger charge is 2.28. The number of rotatable bonds is 6. The van der Waals surface area contributed by atoms with Crippen molar-refractivity contribution in [2.45, 2.75) is 32.7 Å². The van der Waals surface area contributed by atoms with Gasteiger partial charge >= 0.3 is 5.97 Å². The first-order valence-corrected chi connectivity index (χ1v) is 10.3. The zero-order chi connectivity index (χ0) is 22.5. The van der Waals surface area contributed by atoms with E-state index in [1.54, 1.807) is 6.07 Å². The molecule has 1 saturated heterocycles. The molecule has 1 fully saturated rings. The van der Waals surface area contributed by atoms with Gasteiger partial charge in [-0.1, -0.05) is 18.2 Å². The van der Waals surface area contributed by atoms with Crippen molar-refractivity contribution < 1.29 is 14.3 Å². The monoisotopic (exact) mass is 420 g/mol. The van der Waals surface area contributed by atoms with Crippen LogP contribution in [0.5, 0.6) is 0 Å². The minimum atomic E-state index is -0.420. The molecule has 7 heteroatoms. The van der Waals surface area contributed by atoms with Gasteiger partial charge in [0.1, 0.15) is 6.07 Å². The summed E-state index contributed by atoms with van der Waals surface area (Å²) in [6.07, 6.45) is 1.60. The highest BCUT2D eigenvalue weighted by molar-refractivity contribution is 5.93. The number of anilines is 2.